The van der Waals surface area contributed by atoms with Crippen LogP contribution in [-0.4, -0.2) is 24.6 Å². The zero-order valence-corrected chi connectivity index (χ0v) is 14.6. The second-order valence-electron chi connectivity index (χ2n) is 5.71. The molecule has 0 bridgehead atoms. The normalized spacial score (nSPS) is 11.8. The zero-order valence-electron chi connectivity index (χ0n) is 14.6. The third kappa shape index (κ3) is 4.56. The number of halogens is 3. The number of rotatable bonds is 5. The molecule has 9 heteroatoms. The van der Waals surface area contributed by atoms with E-state index in [0.717, 1.165) is 18.2 Å². The molecule has 0 aliphatic rings. The first-order chi connectivity index (χ1) is 13.0. The van der Waals surface area contributed by atoms with E-state index in [1.165, 1.54) is 31.4 Å². The van der Waals surface area contributed by atoms with Gasteiger partial charge >= 0.3 is 12.1 Å². The monoisotopic (exact) mass is 391 g/mol. The molecule has 0 saturated heterocycles. The van der Waals surface area contributed by atoms with E-state index in [2.05, 4.69) is 4.74 Å². The van der Waals surface area contributed by atoms with E-state index in [1.54, 1.807) is 0 Å². The van der Waals surface area contributed by atoms with Crippen LogP contribution in [-0.2, 0) is 15.7 Å². The molecule has 0 heterocycles. The van der Waals surface area contributed by atoms with Crippen LogP contribution in [0.4, 0.5) is 18.9 Å². The summed E-state index contributed by atoms with van der Waals surface area (Å²) in [6.07, 6.45) is -3.62. The topological polar surface area (TPSA) is 119 Å². The van der Waals surface area contributed by atoms with Crippen molar-refractivity contribution in [1.82, 2.24) is 0 Å². The second kappa shape index (κ2) is 7.95. The maximum absolute atomic E-state index is 12.7. The number of hydrogen-bond donors (Lipinski definition) is 3. The van der Waals surface area contributed by atoms with Crippen molar-refractivity contribution in [3.63, 3.8) is 0 Å². The Morgan fingerprint density at radius 2 is 1.64 bits per heavy atom. The minimum atomic E-state index is -4.58. The Balaban J connectivity index is 2.23. The van der Waals surface area contributed by atoms with Gasteiger partial charge in [0.05, 0.1) is 18.2 Å². The molecule has 28 heavy (non-hydrogen) atoms. The fraction of sp³-hybridized carbons (Fsp3) is 0.105. The van der Waals surface area contributed by atoms with E-state index in [0.29, 0.717) is 11.6 Å². The van der Waals surface area contributed by atoms with Gasteiger partial charge in [-0.05, 0) is 29.8 Å². The average molecular weight is 391 g/mol. The molecule has 0 aliphatic heterocycles. The van der Waals surface area contributed by atoms with E-state index in [1.807, 2.05) is 0 Å². The van der Waals surface area contributed by atoms with Crippen LogP contribution in [0.3, 0.4) is 0 Å². The first kappa shape index (κ1) is 20.7. The highest BCUT2D eigenvalue weighted by atomic mass is 19.4. The van der Waals surface area contributed by atoms with Crippen LogP contribution in [0.15, 0.2) is 48.5 Å². The fourth-order valence-electron chi connectivity index (χ4n) is 2.31. The molecule has 6 nitrogen and oxygen atoms in total. The summed E-state index contributed by atoms with van der Waals surface area (Å²) in [6, 6.07) is 8.25. The molecule has 146 valence electrons. The Morgan fingerprint density at radius 3 is 2.14 bits per heavy atom. The number of nitrogens with one attached hydrogen (secondary N) is 1. The van der Waals surface area contributed by atoms with Gasteiger partial charge in [-0.25, -0.2) is 4.79 Å². The number of nitrogen functional groups attached to an aromatic ring is 1. The lowest BCUT2D eigenvalue weighted by Gasteiger charge is -2.11. The number of hydrogen-bond acceptors (Lipinski definition) is 6. The molecule has 0 saturated carbocycles. The van der Waals surface area contributed by atoms with Gasteiger partial charge in [0.1, 0.15) is 5.71 Å². The van der Waals surface area contributed by atoms with Gasteiger partial charge in [-0.2, -0.15) is 13.2 Å². The summed E-state index contributed by atoms with van der Waals surface area (Å²) in [5.74, 6) is -1.37. The summed E-state index contributed by atoms with van der Waals surface area (Å²) in [4.78, 5) is 23.7. The van der Waals surface area contributed by atoms with Crippen molar-refractivity contribution in [1.29, 1.82) is 5.41 Å². The fourth-order valence-corrected chi connectivity index (χ4v) is 2.31. The SMILES string of the molecule is COC(=O)c1ccc(/C(N)=C/C(=O)C(=N)c2ccc(C(F)(F)F)cc2N)cc1. The Kier molecular flexibility index (Phi) is 5.87. The molecular formula is C19H16F3N3O3. The largest absolute Gasteiger partial charge is 0.465 e. The van der Waals surface area contributed by atoms with Gasteiger partial charge in [-0.15, -0.1) is 0 Å². The number of carbonyl (C=O) groups is 2. The number of ether oxygens (including phenoxy) is 1. The maximum atomic E-state index is 12.7. The smallest absolute Gasteiger partial charge is 0.416 e. The maximum Gasteiger partial charge on any atom is 0.416 e. The summed E-state index contributed by atoms with van der Waals surface area (Å²) >= 11 is 0. The van der Waals surface area contributed by atoms with E-state index in [9.17, 15) is 22.8 Å². The van der Waals surface area contributed by atoms with Crippen molar-refractivity contribution in [3.05, 3.63) is 70.8 Å². The zero-order chi connectivity index (χ0) is 21.1. The lowest BCUT2D eigenvalue weighted by molar-refractivity contribution is -0.137. The molecule has 0 amide bonds. The Morgan fingerprint density at radius 1 is 1.07 bits per heavy atom. The van der Waals surface area contributed by atoms with Gasteiger partial charge in [-0.1, -0.05) is 18.2 Å². The van der Waals surface area contributed by atoms with E-state index in [-0.39, 0.29) is 22.5 Å². The number of esters is 1. The molecule has 0 aromatic heterocycles. The molecule has 0 unspecified atom stereocenters. The average Bonchev–Trinajstić information content (AvgIpc) is 2.66. The lowest BCUT2D eigenvalue weighted by Crippen LogP contribution is -2.16. The number of methoxy groups -OCH3 is 1. The summed E-state index contributed by atoms with van der Waals surface area (Å²) in [5.41, 5.74) is 10.1. The molecule has 0 fully saturated rings. The summed E-state index contributed by atoms with van der Waals surface area (Å²) in [6.45, 7) is 0. The van der Waals surface area contributed by atoms with Crippen molar-refractivity contribution < 1.29 is 27.5 Å². The Bertz CT molecular complexity index is 965. The van der Waals surface area contributed by atoms with Crippen molar-refractivity contribution in [3.8, 4) is 0 Å². The third-order valence-corrected chi connectivity index (χ3v) is 3.82. The molecular weight excluding hydrogens is 375 g/mol. The molecule has 2 aromatic rings. The van der Waals surface area contributed by atoms with Crippen LogP contribution in [0.2, 0.25) is 0 Å². The molecule has 2 aromatic carbocycles. The van der Waals surface area contributed by atoms with E-state index in [4.69, 9.17) is 16.9 Å². The predicted octanol–water partition coefficient (Wildman–Crippen LogP) is 3.01. The van der Waals surface area contributed by atoms with Crippen LogP contribution in [0.5, 0.6) is 0 Å². The first-order valence-electron chi connectivity index (χ1n) is 7.80. The number of carbonyl (C=O) groups excluding carboxylic acids is 2. The third-order valence-electron chi connectivity index (χ3n) is 3.82. The van der Waals surface area contributed by atoms with Crippen LogP contribution < -0.4 is 11.5 Å². The van der Waals surface area contributed by atoms with E-state index < -0.39 is 29.2 Å². The van der Waals surface area contributed by atoms with Crippen LogP contribution in [0, 0.1) is 5.41 Å². The first-order valence-corrected chi connectivity index (χ1v) is 7.80. The molecule has 0 aliphatic carbocycles. The standard InChI is InChI=1S/C19H16F3N3O3/c1-28-18(27)11-4-2-10(3-5-11)14(23)9-16(26)17(25)13-7-6-12(8-15(13)24)19(20,21)22/h2-9,25H,23-24H2,1H3/b14-9-,25-17?. The lowest BCUT2D eigenvalue weighted by atomic mass is 10.0. The number of ketones is 1. The van der Waals surface area contributed by atoms with Gasteiger partial charge in [-0.3, -0.25) is 10.2 Å². The van der Waals surface area contributed by atoms with Crippen molar-refractivity contribution >= 4 is 28.8 Å². The minimum Gasteiger partial charge on any atom is -0.465 e. The van der Waals surface area contributed by atoms with Crippen molar-refractivity contribution in [2.24, 2.45) is 5.73 Å². The molecule has 0 spiro atoms. The second-order valence-corrected chi connectivity index (χ2v) is 5.71. The van der Waals surface area contributed by atoms with Gasteiger partial charge in [0, 0.05) is 23.0 Å². The van der Waals surface area contributed by atoms with Gasteiger partial charge in [0.2, 0.25) is 5.78 Å². The highest BCUT2D eigenvalue weighted by Gasteiger charge is 2.31. The van der Waals surface area contributed by atoms with Crippen LogP contribution in [0.25, 0.3) is 5.70 Å². The minimum absolute atomic E-state index is 0.0108. The van der Waals surface area contributed by atoms with E-state index >= 15 is 0 Å². The highest BCUT2D eigenvalue weighted by Crippen LogP contribution is 2.31. The number of benzene rings is 2. The number of anilines is 1. The predicted molar refractivity (Wildman–Crippen MR) is 97.6 cm³/mol. The van der Waals surface area contributed by atoms with Crippen LogP contribution >= 0.6 is 0 Å². The quantitative estimate of drug-likeness (QED) is 0.313. The summed E-state index contributed by atoms with van der Waals surface area (Å²) in [7, 11) is 1.24. The Labute approximate surface area is 158 Å². The van der Waals surface area contributed by atoms with Crippen LogP contribution in [0.1, 0.15) is 27.0 Å². The summed E-state index contributed by atoms with van der Waals surface area (Å²) in [5, 5.41) is 7.90. The number of alkyl halides is 3. The molecule has 0 radical (unpaired) electrons. The van der Waals surface area contributed by atoms with Gasteiger partial charge in [0.25, 0.3) is 0 Å². The van der Waals surface area contributed by atoms with Gasteiger partial charge in [0.15, 0.2) is 0 Å². The van der Waals surface area contributed by atoms with Crippen molar-refractivity contribution in [2.45, 2.75) is 6.18 Å². The molecule has 2 rings (SSSR count). The summed E-state index contributed by atoms with van der Waals surface area (Å²) < 4.78 is 42.6. The molecule has 0 atom stereocenters. The Hall–Kier alpha value is -3.62. The number of allylic oxidation sites excluding steroid dienone is 1. The van der Waals surface area contributed by atoms with Gasteiger partial charge < -0.3 is 16.2 Å². The highest BCUT2D eigenvalue weighted by molar-refractivity contribution is 6.50. The van der Waals surface area contributed by atoms with Crippen molar-refractivity contribution in [2.75, 3.05) is 12.8 Å². The number of nitrogens with two attached hydrogens (primary N) is 2. The molecule has 5 N–H and O–H groups in total.